The number of tetrazole rings is 1. The summed E-state index contributed by atoms with van der Waals surface area (Å²) in [6.45, 7) is 6.49. The van der Waals surface area contributed by atoms with Crippen LogP contribution in [0, 0.1) is 0 Å². The van der Waals surface area contributed by atoms with Crippen molar-refractivity contribution in [1.29, 1.82) is 0 Å². The Labute approximate surface area is 114 Å². The second-order valence-electron chi connectivity index (χ2n) is 5.17. The molecule has 19 heavy (non-hydrogen) atoms. The lowest BCUT2D eigenvalue weighted by Gasteiger charge is -2.22. The van der Waals surface area contributed by atoms with Crippen LogP contribution in [0.5, 0.6) is 0 Å². The highest BCUT2D eigenvalue weighted by molar-refractivity contribution is 4.89. The number of hydrogen-bond donors (Lipinski definition) is 1. The molecule has 1 atom stereocenters. The van der Waals surface area contributed by atoms with Crippen molar-refractivity contribution >= 4 is 0 Å². The van der Waals surface area contributed by atoms with Gasteiger partial charge in [0.1, 0.15) is 0 Å². The fraction of sp³-hybridized carbons (Fsp3) is 0.923. The lowest BCUT2D eigenvalue weighted by Crippen LogP contribution is -2.24. The molecule has 1 aromatic rings. The van der Waals surface area contributed by atoms with E-state index in [4.69, 9.17) is 4.74 Å². The van der Waals surface area contributed by atoms with E-state index in [-0.39, 0.29) is 6.04 Å². The standard InChI is InChI=1S/C13H25N5O/c1-3-14-11(2)13-15-16-17-18(13)9-10-19-12-7-5-4-6-8-12/h11-12,14H,3-10H2,1-2H3. The van der Waals surface area contributed by atoms with Gasteiger partial charge in [0.05, 0.1) is 25.3 Å². The molecule has 2 rings (SSSR count). The number of nitrogens with one attached hydrogen (secondary N) is 1. The molecular weight excluding hydrogens is 242 g/mol. The summed E-state index contributed by atoms with van der Waals surface area (Å²) in [5.41, 5.74) is 0. The molecule has 1 heterocycles. The maximum absolute atomic E-state index is 5.91. The van der Waals surface area contributed by atoms with Crippen molar-refractivity contribution in [3.05, 3.63) is 5.82 Å². The van der Waals surface area contributed by atoms with Crippen LogP contribution in [0.25, 0.3) is 0 Å². The fourth-order valence-corrected chi connectivity index (χ4v) is 2.62. The normalized spacial score (nSPS) is 18.6. The molecule has 0 radical (unpaired) electrons. The van der Waals surface area contributed by atoms with E-state index in [1.54, 1.807) is 0 Å². The lowest BCUT2D eigenvalue weighted by atomic mass is 9.98. The Bertz CT molecular complexity index is 362. The molecule has 1 saturated carbocycles. The van der Waals surface area contributed by atoms with E-state index in [0.29, 0.717) is 12.7 Å². The molecule has 6 heteroatoms. The molecule has 1 unspecified atom stereocenters. The van der Waals surface area contributed by atoms with Crippen molar-refractivity contribution in [2.24, 2.45) is 0 Å². The number of aromatic nitrogens is 4. The zero-order valence-electron chi connectivity index (χ0n) is 12.0. The largest absolute Gasteiger partial charge is 0.376 e. The first-order valence-corrected chi connectivity index (χ1v) is 7.42. The second-order valence-corrected chi connectivity index (χ2v) is 5.17. The molecular formula is C13H25N5O. The predicted octanol–water partition coefficient (Wildman–Crippen LogP) is 1.69. The third-order valence-electron chi connectivity index (χ3n) is 3.67. The molecule has 1 N–H and O–H groups in total. The SMILES string of the molecule is CCNC(C)c1nnnn1CCOC1CCCCC1. The van der Waals surface area contributed by atoms with Crippen LogP contribution >= 0.6 is 0 Å². The average Bonchev–Trinajstić information content (AvgIpc) is 2.89. The Kier molecular flexibility index (Phi) is 5.72. The molecule has 0 bridgehead atoms. The van der Waals surface area contributed by atoms with Gasteiger partial charge in [-0.3, -0.25) is 0 Å². The first-order chi connectivity index (χ1) is 9.31. The highest BCUT2D eigenvalue weighted by atomic mass is 16.5. The van der Waals surface area contributed by atoms with Gasteiger partial charge in [0.25, 0.3) is 0 Å². The minimum absolute atomic E-state index is 0.176. The quantitative estimate of drug-likeness (QED) is 0.814. The summed E-state index contributed by atoms with van der Waals surface area (Å²) in [6.07, 6.45) is 6.82. The van der Waals surface area contributed by atoms with Crippen molar-refractivity contribution in [2.75, 3.05) is 13.2 Å². The van der Waals surface area contributed by atoms with Gasteiger partial charge in [-0.2, -0.15) is 0 Å². The van der Waals surface area contributed by atoms with Crippen LogP contribution in [0.3, 0.4) is 0 Å². The maximum atomic E-state index is 5.91. The molecule has 0 spiro atoms. The van der Waals surface area contributed by atoms with E-state index < -0.39 is 0 Å². The highest BCUT2D eigenvalue weighted by Gasteiger charge is 2.15. The van der Waals surface area contributed by atoms with E-state index in [0.717, 1.165) is 18.9 Å². The van der Waals surface area contributed by atoms with Crippen molar-refractivity contribution in [3.63, 3.8) is 0 Å². The summed E-state index contributed by atoms with van der Waals surface area (Å²) in [5.74, 6) is 0.883. The van der Waals surface area contributed by atoms with E-state index in [9.17, 15) is 0 Å². The predicted molar refractivity (Wildman–Crippen MR) is 72.7 cm³/mol. The van der Waals surface area contributed by atoms with Gasteiger partial charge in [0.15, 0.2) is 5.82 Å². The second kappa shape index (κ2) is 7.55. The summed E-state index contributed by atoms with van der Waals surface area (Å²) in [5, 5.41) is 15.2. The Morgan fingerprint density at radius 3 is 2.89 bits per heavy atom. The van der Waals surface area contributed by atoms with Crippen LogP contribution in [0.15, 0.2) is 0 Å². The third-order valence-corrected chi connectivity index (χ3v) is 3.67. The topological polar surface area (TPSA) is 64.9 Å². The summed E-state index contributed by atoms with van der Waals surface area (Å²) in [4.78, 5) is 0. The Hall–Kier alpha value is -1.01. The van der Waals surface area contributed by atoms with Gasteiger partial charge in [0.2, 0.25) is 0 Å². The Balaban J connectivity index is 1.77. The molecule has 0 amide bonds. The molecule has 1 aromatic heterocycles. The third kappa shape index (κ3) is 4.24. The molecule has 0 saturated heterocycles. The number of rotatable bonds is 7. The molecule has 1 aliphatic carbocycles. The van der Waals surface area contributed by atoms with Crippen LogP contribution in [0.1, 0.15) is 57.8 Å². The van der Waals surface area contributed by atoms with Crippen LogP contribution < -0.4 is 5.32 Å². The lowest BCUT2D eigenvalue weighted by molar-refractivity contribution is 0.0222. The summed E-state index contributed by atoms with van der Waals surface area (Å²) < 4.78 is 7.76. The van der Waals surface area contributed by atoms with Gasteiger partial charge >= 0.3 is 0 Å². The fourth-order valence-electron chi connectivity index (χ4n) is 2.62. The van der Waals surface area contributed by atoms with Crippen molar-refractivity contribution in [2.45, 2.75) is 64.6 Å². The molecule has 1 aliphatic rings. The monoisotopic (exact) mass is 267 g/mol. The average molecular weight is 267 g/mol. The van der Waals surface area contributed by atoms with E-state index >= 15 is 0 Å². The minimum atomic E-state index is 0.176. The number of hydrogen-bond acceptors (Lipinski definition) is 5. The van der Waals surface area contributed by atoms with Gasteiger partial charge in [0, 0.05) is 0 Å². The molecule has 1 fully saturated rings. The van der Waals surface area contributed by atoms with Crippen molar-refractivity contribution < 1.29 is 4.74 Å². The zero-order chi connectivity index (χ0) is 13.5. The maximum Gasteiger partial charge on any atom is 0.168 e. The molecule has 6 nitrogen and oxygen atoms in total. The minimum Gasteiger partial charge on any atom is -0.376 e. The smallest absolute Gasteiger partial charge is 0.168 e. The molecule has 0 aromatic carbocycles. The van der Waals surface area contributed by atoms with Gasteiger partial charge in [-0.05, 0) is 36.7 Å². The van der Waals surface area contributed by atoms with E-state index in [2.05, 4.69) is 34.7 Å². The molecule has 0 aliphatic heterocycles. The van der Waals surface area contributed by atoms with Crippen LogP contribution in [0.2, 0.25) is 0 Å². The van der Waals surface area contributed by atoms with E-state index in [1.807, 2.05) is 4.68 Å². The summed E-state index contributed by atoms with van der Waals surface area (Å²) in [7, 11) is 0. The Morgan fingerprint density at radius 1 is 1.37 bits per heavy atom. The van der Waals surface area contributed by atoms with Crippen molar-refractivity contribution in [1.82, 2.24) is 25.5 Å². The summed E-state index contributed by atoms with van der Waals surface area (Å²) in [6, 6.07) is 0.176. The zero-order valence-corrected chi connectivity index (χ0v) is 12.0. The van der Waals surface area contributed by atoms with Gasteiger partial charge in [-0.1, -0.05) is 26.2 Å². The number of nitrogens with zero attached hydrogens (tertiary/aromatic N) is 4. The summed E-state index contributed by atoms with van der Waals surface area (Å²) >= 11 is 0. The van der Waals surface area contributed by atoms with Gasteiger partial charge in [-0.25, -0.2) is 4.68 Å². The van der Waals surface area contributed by atoms with Crippen molar-refractivity contribution in [3.8, 4) is 0 Å². The van der Waals surface area contributed by atoms with Gasteiger partial charge < -0.3 is 10.1 Å². The van der Waals surface area contributed by atoms with Crippen LogP contribution in [-0.4, -0.2) is 39.5 Å². The van der Waals surface area contributed by atoms with Crippen LogP contribution in [-0.2, 0) is 11.3 Å². The first kappa shape index (κ1) is 14.4. The number of ether oxygens (including phenoxy) is 1. The van der Waals surface area contributed by atoms with E-state index in [1.165, 1.54) is 32.1 Å². The molecule has 108 valence electrons. The Morgan fingerprint density at radius 2 is 2.16 bits per heavy atom. The highest BCUT2D eigenvalue weighted by Crippen LogP contribution is 2.20. The first-order valence-electron chi connectivity index (χ1n) is 7.42. The van der Waals surface area contributed by atoms with Crippen LogP contribution in [0.4, 0.5) is 0 Å². The van der Waals surface area contributed by atoms with Gasteiger partial charge in [-0.15, -0.1) is 5.10 Å².